The third kappa shape index (κ3) is 3.35. The van der Waals surface area contributed by atoms with Crippen molar-refractivity contribution in [2.75, 3.05) is 6.26 Å². The van der Waals surface area contributed by atoms with Gasteiger partial charge in [-0.05, 0) is 78.5 Å². The molecule has 0 atom stereocenters. The zero-order valence-corrected chi connectivity index (χ0v) is 17.0. The van der Waals surface area contributed by atoms with Crippen molar-refractivity contribution in [3.8, 4) is 28.1 Å². The molecule has 0 unspecified atom stereocenters. The van der Waals surface area contributed by atoms with E-state index in [0.29, 0.717) is 5.65 Å². The molecule has 6 heteroatoms. The van der Waals surface area contributed by atoms with Crippen LogP contribution in [0.4, 0.5) is 4.39 Å². The highest BCUT2D eigenvalue weighted by molar-refractivity contribution is 7.98. The fourth-order valence-corrected chi connectivity index (χ4v) is 3.88. The van der Waals surface area contributed by atoms with E-state index >= 15 is 0 Å². The third-order valence-electron chi connectivity index (χ3n) is 4.98. The largest absolute Gasteiger partial charge is 0.265 e. The summed E-state index contributed by atoms with van der Waals surface area (Å²) in [4.78, 5) is 9.88. The molecule has 3 heterocycles. The predicted molar refractivity (Wildman–Crippen MR) is 119 cm³/mol. The van der Waals surface area contributed by atoms with Gasteiger partial charge in [0.1, 0.15) is 5.82 Å². The van der Waals surface area contributed by atoms with E-state index in [1.807, 2.05) is 41.4 Å². The van der Waals surface area contributed by atoms with E-state index < -0.39 is 0 Å². The topological polar surface area (TPSA) is 43.6 Å². The van der Waals surface area contributed by atoms with Gasteiger partial charge in [0.05, 0.1) is 11.4 Å². The van der Waals surface area contributed by atoms with Crippen LogP contribution in [0.1, 0.15) is 0 Å². The summed E-state index contributed by atoms with van der Waals surface area (Å²) in [5.41, 5.74) is 5.33. The number of fused-ring (bicyclic) bond motifs is 1. The summed E-state index contributed by atoms with van der Waals surface area (Å²) in [6, 6.07) is 20.7. The number of halogens is 1. The number of pyridine rings is 2. The van der Waals surface area contributed by atoms with Gasteiger partial charge in [-0.1, -0.05) is 0 Å². The molecule has 3 aromatic heterocycles. The lowest BCUT2D eigenvalue weighted by molar-refractivity contribution is 0.628. The minimum absolute atomic E-state index is 0.269. The van der Waals surface area contributed by atoms with E-state index in [1.165, 1.54) is 17.0 Å². The van der Waals surface area contributed by atoms with Crippen LogP contribution in [0, 0.1) is 5.82 Å². The zero-order valence-electron chi connectivity index (χ0n) is 16.2. The van der Waals surface area contributed by atoms with Crippen LogP contribution >= 0.6 is 11.8 Å². The molecule has 2 aromatic carbocycles. The molecule has 146 valence electrons. The maximum Gasteiger partial charge on any atom is 0.182 e. The Kier molecular flexibility index (Phi) is 4.77. The van der Waals surface area contributed by atoms with Crippen molar-refractivity contribution in [2.45, 2.75) is 4.90 Å². The smallest absolute Gasteiger partial charge is 0.182 e. The fraction of sp³-hybridized carbons (Fsp3) is 0.0417. The highest BCUT2D eigenvalue weighted by Crippen LogP contribution is 2.33. The Hall–Kier alpha value is -3.51. The zero-order chi connectivity index (χ0) is 20.5. The maximum absolute atomic E-state index is 13.6. The quantitative estimate of drug-likeness (QED) is 0.339. The van der Waals surface area contributed by atoms with Crippen molar-refractivity contribution < 1.29 is 4.39 Å². The van der Waals surface area contributed by atoms with E-state index in [-0.39, 0.29) is 5.82 Å². The first-order chi connectivity index (χ1) is 14.7. The Morgan fingerprint density at radius 2 is 1.57 bits per heavy atom. The molecule has 0 spiro atoms. The lowest BCUT2D eigenvalue weighted by Crippen LogP contribution is -1.99. The van der Waals surface area contributed by atoms with Gasteiger partial charge in [-0.25, -0.2) is 14.1 Å². The van der Waals surface area contributed by atoms with E-state index in [9.17, 15) is 4.39 Å². The highest BCUT2D eigenvalue weighted by atomic mass is 32.2. The van der Waals surface area contributed by atoms with Crippen molar-refractivity contribution in [3.05, 3.63) is 91.1 Å². The number of nitrogens with zero attached hydrogens (tertiary/aromatic N) is 4. The summed E-state index contributed by atoms with van der Waals surface area (Å²) in [5, 5.41) is 5.67. The first-order valence-electron chi connectivity index (χ1n) is 9.42. The average molecular weight is 412 g/mol. The van der Waals surface area contributed by atoms with Crippen molar-refractivity contribution in [2.24, 2.45) is 0 Å². The van der Waals surface area contributed by atoms with Gasteiger partial charge >= 0.3 is 0 Å². The second-order valence-electron chi connectivity index (χ2n) is 6.80. The lowest BCUT2D eigenvalue weighted by atomic mass is 10.0. The Labute approximate surface area is 177 Å². The Morgan fingerprint density at radius 1 is 0.833 bits per heavy atom. The summed E-state index contributed by atoms with van der Waals surface area (Å²) in [6.07, 6.45) is 7.39. The molecule has 5 aromatic rings. The highest BCUT2D eigenvalue weighted by Gasteiger charge is 2.17. The molecule has 0 radical (unpaired) electrons. The van der Waals surface area contributed by atoms with E-state index in [0.717, 1.165) is 33.5 Å². The van der Waals surface area contributed by atoms with Crippen LogP contribution in [0.5, 0.6) is 0 Å². The summed E-state index contributed by atoms with van der Waals surface area (Å²) in [5.74, 6) is -0.269. The first kappa shape index (κ1) is 18.5. The number of benzene rings is 2. The molecule has 30 heavy (non-hydrogen) atoms. The van der Waals surface area contributed by atoms with Crippen LogP contribution in [0.3, 0.4) is 0 Å². The van der Waals surface area contributed by atoms with Crippen LogP contribution in [-0.2, 0) is 0 Å². The van der Waals surface area contributed by atoms with E-state index in [4.69, 9.17) is 5.10 Å². The molecular formula is C24H17FN4S. The molecule has 0 aliphatic carbocycles. The SMILES string of the molecule is CSc1ccc(-n2nc3ncc(-c4ccncc4)cc3c2-c2ccc(F)cc2)cc1. The molecule has 4 nitrogen and oxygen atoms in total. The standard InChI is InChI=1S/C24H17FN4S/c1-30-21-8-6-20(7-9-21)29-23(17-2-4-19(25)5-3-17)22-14-18(15-27-24(22)28-29)16-10-12-26-13-11-16/h2-15H,1H3. The average Bonchev–Trinajstić information content (AvgIpc) is 3.19. The maximum atomic E-state index is 13.6. The van der Waals surface area contributed by atoms with Crippen LogP contribution in [-0.4, -0.2) is 26.0 Å². The van der Waals surface area contributed by atoms with Crippen LogP contribution in [0.2, 0.25) is 0 Å². The van der Waals surface area contributed by atoms with Gasteiger partial charge in [-0.15, -0.1) is 16.9 Å². The molecule has 0 saturated heterocycles. The van der Waals surface area contributed by atoms with Crippen LogP contribution < -0.4 is 0 Å². The first-order valence-corrected chi connectivity index (χ1v) is 10.6. The van der Waals surface area contributed by atoms with Gasteiger partial charge in [-0.3, -0.25) is 4.98 Å². The van der Waals surface area contributed by atoms with Crippen molar-refractivity contribution >= 4 is 22.8 Å². The number of hydrogen-bond donors (Lipinski definition) is 0. The normalized spacial score (nSPS) is 11.1. The molecule has 0 bridgehead atoms. The van der Waals surface area contributed by atoms with Crippen LogP contribution in [0.15, 0.2) is 90.2 Å². The van der Waals surface area contributed by atoms with Crippen molar-refractivity contribution in [1.29, 1.82) is 0 Å². The number of rotatable bonds is 4. The van der Waals surface area contributed by atoms with Gasteiger partial charge < -0.3 is 0 Å². The van der Waals surface area contributed by atoms with Gasteiger partial charge in [0, 0.05) is 40.0 Å². The molecule has 0 aliphatic rings. The summed E-state index contributed by atoms with van der Waals surface area (Å²) in [7, 11) is 0. The van der Waals surface area contributed by atoms with Crippen molar-refractivity contribution in [3.63, 3.8) is 0 Å². The molecule has 0 aliphatic heterocycles. The summed E-state index contributed by atoms with van der Waals surface area (Å²) >= 11 is 1.69. The van der Waals surface area contributed by atoms with Gasteiger partial charge in [0.2, 0.25) is 0 Å². The van der Waals surface area contributed by atoms with Crippen LogP contribution in [0.25, 0.3) is 39.1 Å². The van der Waals surface area contributed by atoms with Gasteiger partial charge in [-0.2, -0.15) is 0 Å². The Morgan fingerprint density at radius 3 is 2.27 bits per heavy atom. The summed E-state index contributed by atoms with van der Waals surface area (Å²) in [6.45, 7) is 0. The molecule has 0 fully saturated rings. The molecule has 0 N–H and O–H groups in total. The minimum atomic E-state index is -0.269. The predicted octanol–water partition coefficient (Wildman–Crippen LogP) is 6.01. The number of aromatic nitrogens is 4. The van der Waals surface area contributed by atoms with Gasteiger partial charge in [0.25, 0.3) is 0 Å². The molecule has 5 rings (SSSR count). The second-order valence-corrected chi connectivity index (χ2v) is 7.68. The third-order valence-corrected chi connectivity index (χ3v) is 5.72. The van der Waals surface area contributed by atoms with Gasteiger partial charge in [0.15, 0.2) is 5.65 Å². The minimum Gasteiger partial charge on any atom is -0.265 e. The summed E-state index contributed by atoms with van der Waals surface area (Å²) < 4.78 is 15.5. The monoisotopic (exact) mass is 412 g/mol. The fourth-order valence-electron chi connectivity index (χ4n) is 3.47. The molecule has 0 saturated carbocycles. The molecule has 0 amide bonds. The Bertz CT molecular complexity index is 1310. The number of thioether (sulfide) groups is 1. The Balaban J connectivity index is 1.76. The number of hydrogen-bond acceptors (Lipinski definition) is 4. The van der Waals surface area contributed by atoms with Crippen molar-refractivity contribution in [1.82, 2.24) is 19.7 Å². The second kappa shape index (κ2) is 7.72. The molecular weight excluding hydrogens is 395 g/mol. The van der Waals surface area contributed by atoms with E-state index in [1.54, 1.807) is 36.3 Å². The lowest BCUT2D eigenvalue weighted by Gasteiger charge is -2.09. The van der Waals surface area contributed by atoms with E-state index in [2.05, 4.69) is 28.2 Å².